The number of carbonyl (C=O) groups is 1. The molecule has 0 aliphatic carbocycles. The first-order valence-corrected chi connectivity index (χ1v) is 7.73. The molecule has 108 valence electrons. The van der Waals surface area contributed by atoms with Gasteiger partial charge in [0, 0.05) is 25.7 Å². The molecule has 2 saturated heterocycles. The summed E-state index contributed by atoms with van der Waals surface area (Å²) in [5, 5.41) is 0. The average molecular weight is 283 g/mol. The molecule has 2 aliphatic rings. The number of rotatable bonds is 3. The minimum absolute atomic E-state index is 0.132. The molecule has 0 radical (unpaired) electrons. The van der Waals surface area contributed by atoms with Crippen LogP contribution in [0, 0.1) is 11.8 Å². The van der Waals surface area contributed by atoms with Crippen molar-refractivity contribution in [1.82, 2.24) is 9.80 Å². The zero-order valence-corrected chi connectivity index (χ0v) is 12.8. The number of thiocarbonyl (C=S) groups is 1. The standard InChI is InChI=1S/C14H25N3OS/c1-10(2)12(13(15)19)14(18)17-8-7-16-6-4-3-5-11(16)9-17/h10-12H,3-9H2,1-2H3,(H2,15,19). The number of piperazine rings is 1. The minimum atomic E-state index is -0.301. The molecule has 0 bridgehead atoms. The van der Waals surface area contributed by atoms with E-state index in [1.54, 1.807) is 0 Å². The van der Waals surface area contributed by atoms with Crippen molar-refractivity contribution in [2.75, 3.05) is 26.2 Å². The molecular formula is C14H25N3OS. The molecule has 19 heavy (non-hydrogen) atoms. The summed E-state index contributed by atoms with van der Waals surface area (Å²) in [6.45, 7) is 7.89. The number of amides is 1. The lowest BCUT2D eigenvalue weighted by Gasteiger charge is -2.45. The first-order valence-electron chi connectivity index (χ1n) is 7.33. The summed E-state index contributed by atoms with van der Waals surface area (Å²) in [5.41, 5.74) is 5.75. The second kappa shape index (κ2) is 6.18. The maximum Gasteiger partial charge on any atom is 0.232 e. The van der Waals surface area contributed by atoms with Crippen molar-refractivity contribution in [2.45, 2.75) is 39.2 Å². The zero-order chi connectivity index (χ0) is 14.0. The highest BCUT2D eigenvalue weighted by molar-refractivity contribution is 7.80. The Morgan fingerprint density at radius 3 is 2.63 bits per heavy atom. The van der Waals surface area contributed by atoms with Crippen LogP contribution in [0.15, 0.2) is 0 Å². The Kier molecular flexibility index (Phi) is 4.79. The van der Waals surface area contributed by atoms with Gasteiger partial charge in [0.25, 0.3) is 0 Å². The van der Waals surface area contributed by atoms with Crippen molar-refractivity contribution in [3.05, 3.63) is 0 Å². The topological polar surface area (TPSA) is 49.6 Å². The van der Waals surface area contributed by atoms with E-state index in [1.807, 2.05) is 18.7 Å². The summed E-state index contributed by atoms with van der Waals surface area (Å²) in [6, 6.07) is 0.547. The molecule has 4 nitrogen and oxygen atoms in total. The van der Waals surface area contributed by atoms with Crippen LogP contribution in [0.2, 0.25) is 0 Å². The Bertz CT molecular complexity index is 359. The maximum absolute atomic E-state index is 12.6. The van der Waals surface area contributed by atoms with Crippen LogP contribution in [-0.4, -0.2) is 52.9 Å². The van der Waals surface area contributed by atoms with Gasteiger partial charge in [-0.25, -0.2) is 0 Å². The zero-order valence-electron chi connectivity index (χ0n) is 12.0. The molecule has 1 amide bonds. The van der Waals surface area contributed by atoms with E-state index in [-0.39, 0.29) is 17.7 Å². The molecule has 0 spiro atoms. The quantitative estimate of drug-likeness (QED) is 0.792. The number of piperidine rings is 1. The summed E-state index contributed by atoms with van der Waals surface area (Å²) in [4.78, 5) is 17.4. The van der Waals surface area contributed by atoms with Crippen molar-refractivity contribution in [2.24, 2.45) is 17.6 Å². The predicted molar refractivity (Wildman–Crippen MR) is 80.9 cm³/mol. The van der Waals surface area contributed by atoms with E-state index in [4.69, 9.17) is 18.0 Å². The number of fused-ring (bicyclic) bond motifs is 1. The maximum atomic E-state index is 12.6. The van der Waals surface area contributed by atoms with E-state index in [0.29, 0.717) is 11.0 Å². The molecule has 2 N–H and O–H groups in total. The fourth-order valence-electron chi connectivity index (χ4n) is 3.29. The van der Waals surface area contributed by atoms with Crippen LogP contribution >= 0.6 is 12.2 Å². The van der Waals surface area contributed by atoms with Gasteiger partial charge >= 0.3 is 0 Å². The Morgan fingerprint density at radius 2 is 2.00 bits per heavy atom. The Hall–Kier alpha value is -0.680. The van der Waals surface area contributed by atoms with Gasteiger partial charge in [-0.1, -0.05) is 32.5 Å². The van der Waals surface area contributed by atoms with E-state index in [2.05, 4.69) is 4.90 Å². The van der Waals surface area contributed by atoms with Crippen LogP contribution in [0.1, 0.15) is 33.1 Å². The van der Waals surface area contributed by atoms with Crippen LogP contribution in [0.5, 0.6) is 0 Å². The van der Waals surface area contributed by atoms with Gasteiger partial charge in [0.2, 0.25) is 5.91 Å². The van der Waals surface area contributed by atoms with Crippen LogP contribution < -0.4 is 5.73 Å². The number of hydrogen-bond acceptors (Lipinski definition) is 3. The van der Waals surface area contributed by atoms with Crippen molar-refractivity contribution >= 4 is 23.1 Å². The van der Waals surface area contributed by atoms with E-state index in [9.17, 15) is 4.79 Å². The molecule has 2 atom stereocenters. The molecule has 2 aliphatic heterocycles. The molecule has 2 rings (SSSR count). The average Bonchev–Trinajstić information content (AvgIpc) is 2.37. The number of hydrogen-bond donors (Lipinski definition) is 1. The van der Waals surface area contributed by atoms with Crippen LogP contribution in [0.4, 0.5) is 0 Å². The van der Waals surface area contributed by atoms with Crippen molar-refractivity contribution < 1.29 is 4.79 Å². The third-order valence-electron chi connectivity index (χ3n) is 4.39. The van der Waals surface area contributed by atoms with Gasteiger partial charge in [-0.2, -0.15) is 0 Å². The molecule has 2 fully saturated rings. The number of carbonyl (C=O) groups excluding carboxylic acids is 1. The highest BCUT2D eigenvalue weighted by atomic mass is 32.1. The fraction of sp³-hybridized carbons (Fsp3) is 0.857. The molecule has 5 heteroatoms. The van der Waals surface area contributed by atoms with E-state index in [0.717, 1.165) is 19.6 Å². The van der Waals surface area contributed by atoms with Gasteiger partial charge < -0.3 is 10.6 Å². The summed E-state index contributed by atoms with van der Waals surface area (Å²) in [7, 11) is 0. The van der Waals surface area contributed by atoms with E-state index in [1.165, 1.54) is 25.8 Å². The molecule has 0 aromatic heterocycles. The Labute approximate surface area is 121 Å². The van der Waals surface area contributed by atoms with Gasteiger partial charge in [0.05, 0.1) is 10.9 Å². The first kappa shape index (κ1) is 14.7. The third-order valence-corrected chi connectivity index (χ3v) is 4.64. The van der Waals surface area contributed by atoms with Crippen LogP contribution in [-0.2, 0) is 4.79 Å². The van der Waals surface area contributed by atoms with Crippen LogP contribution in [0.3, 0.4) is 0 Å². The monoisotopic (exact) mass is 283 g/mol. The molecule has 0 aromatic carbocycles. The van der Waals surface area contributed by atoms with Gasteiger partial charge in [-0.05, 0) is 25.3 Å². The molecule has 0 saturated carbocycles. The SMILES string of the molecule is CC(C)C(C(=O)N1CCN2CCCCC2C1)C(N)=S. The summed E-state index contributed by atoms with van der Waals surface area (Å²) < 4.78 is 0. The highest BCUT2D eigenvalue weighted by Gasteiger charge is 2.35. The van der Waals surface area contributed by atoms with Gasteiger partial charge in [-0.15, -0.1) is 0 Å². The lowest BCUT2D eigenvalue weighted by atomic mass is 9.92. The van der Waals surface area contributed by atoms with E-state index < -0.39 is 0 Å². The molecule has 0 aromatic rings. The largest absolute Gasteiger partial charge is 0.393 e. The second-order valence-corrected chi connectivity index (χ2v) is 6.57. The Balaban J connectivity index is 2.01. The Morgan fingerprint density at radius 1 is 1.26 bits per heavy atom. The molecule has 2 heterocycles. The van der Waals surface area contributed by atoms with Crippen molar-refractivity contribution in [1.29, 1.82) is 0 Å². The minimum Gasteiger partial charge on any atom is -0.393 e. The second-order valence-electron chi connectivity index (χ2n) is 6.09. The summed E-state index contributed by atoms with van der Waals surface area (Å²) in [5.74, 6) is 0.00671. The first-order chi connectivity index (χ1) is 9.00. The predicted octanol–water partition coefficient (Wildman–Crippen LogP) is 1.24. The normalized spacial score (nSPS) is 26.1. The number of nitrogens with two attached hydrogens (primary N) is 1. The fourth-order valence-corrected chi connectivity index (χ4v) is 3.66. The van der Waals surface area contributed by atoms with Gasteiger partial charge in [-0.3, -0.25) is 9.69 Å². The summed E-state index contributed by atoms with van der Waals surface area (Å²) in [6.07, 6.45) is 3.79. The summed E-state index contributed by atoms with van der Waals surface area (Å²) >= 11 is 5.07. The lowest BCUT2D eigenvalue weighted by Crippen LogP contribution is -2.58. The molecule has 2 unspecified atom stereocenters. The third kappa shape index (κ3) is 3.26. The van der Waals surface area contributed by atoms with Gasteiger partial charge in [0.1, 0.15) is 0 Å². The lowest BCUT2D eigenvalue weighted by molar-refractivity contribution is -0.138. The van der Waals surface area contributed by atoms with E-state index >= 15 is 0 Å². The van der Waals surface area contributed by atoms with Crippen molar-refractivity contribution in [3.8, 4) is 0 Å². The van der Waals surface area contributed by atoms with Crippen LogP contribution in [0.25, 0.3) is 0 Å². The van der Waals surface area contributed by atoms with Crippen molar-refractivity contribution in [3.63, 3.8) is 0 Å². The van der Waals surface area contributed by atoms with Gasteiger partial charge in [0.15, 0.2) is 0 Å². The smallest absolute Gasteiger partial charge is 0.232 e. The molecular weight excluding hydrogens is 258 g/mol. The number of nitrogens with zero attached hydrogens (tertiary/aromatic N) is 2. The highest BCUT2D eigenvalue weighted by Crippen LogP contribution is 2.23.